The molecule has 0 atom stereocenters. The second-order valence-corrected chi connectivity index (χ2v) is 3.73. The third-order valence-electron chi connectivity index (χ3n) is 1.95. The number of nitrogens with zero attached hydrogens (tertiary/aromatic N) is 2. The molecule has 14 heavy (non-hydrogen) atoms. The third-order valence-corrected chi connectivity index (χ3v) is 2.09. The third kappa shape index (κ3) is 3.33. The van der Waals surface area contributed by atoms with Crippen LogP contribution in [0.1, 0.15) is 17.8 Å². The van der Waals surface area contributed by atoms with Crippen molar-refractivity contribution in [1.82, 2.24) is 15.1 Å². The molecule has 5 heteroatoms. The topological polar surface area (TPSA) is 55.9 Å². The molecule has 0 saturated heterocycles. The Morgan fingerprint density at radius 2 is 2.36 bits per heavy atom. The van der Waals surface area contributed by atoms with E-state index in [-0.39, 0.29) is 0 Å². The van der Waals surface area contributed by atoms with E-state index in [0.29, 0.717) is 5.11 Å². The summed E-state index contributed by atoms with van der Waals surface area (Å²) in [5, 5.41) is 7.62. The Bertz CT molecular complexity index is 319. The second kappa shape index (κ2) is 4.95. The van der Waals surface area contributed by atoms with Crippen LogP contribution in [-0.4, -0.2) is 21.4 Å². The van der Waals surface area contributed by atoms with Crippen LogP contribution in [0, 0.1) is 13.8 Å². The first-order valence-corrected chi connectivity index (χ1v) is 5.05. The average Bonchev–Trinajstić information content (AvgIpc) is 2.39. The van der Waals surface area contributed by atoms with Crippen molar-refractivity contribution in [2.45, 2.75) is 26.8 Å². The molecule has 78 valence electrons. The van der Waals surface area contributed by atoms with Gasteiger partial charge in [-0.1, -0.05) is 0 Å². The minimum absolute atomic E-state index is 0.360. The van der Waals surface area contributed by atoms with Gasteiger partial charge in [0.15, 0.2) is 5.11 Å². The molecule has 0 amide bonds. The Morgan fingerprint density at radius 1 is 1.64 bits per heavy atom. The molecule has 0 unspecified atom stereocenters. The zero-order valence-corrected chi connectivity index (χ0v) is 9.40. The second-order valence-electron chi connectivity index (χ2n) is 3.29. The molecule has 0 aliphatic rings. The molecule has 0 aliphatic heterocycles. The van der Waals surface area contributed by atoms with E-state index in [1.165, 1.54) is 5.69 Å². The van der Waals surface area contributed by atoms with Crippen molar-refractivity contribution in [2.24, 2.45) is 5.73 Å². The molecule has 1 rings (SSSR count). The lowest BCUT2D eigenvalue weighted by Gasteiger charge is -2.05. The molecule has 1 aromatic heterocycles. The molecule has 3 N–H and O–H groups in total. The Morgan fingerprint density at radius 3 is 2.86 bits per heavy atom. The molecule has 0 radical (unpaired) electrons. The fourth-order valence-corrected chi connectivity index (χ4v) is 1.44. The lowest BCUT2D eigenvalue weighted by Crippen LogP contribution is -2.30. The quantitative estimate of drug-likeness (QED) is 0.570. The monoisotopic (exact) mass is 212 g/mol. The summed E-state index contributed by atoms with van der Waals surface area (Å²) in [5.41, 5.74) is 7.56. The van der Waals surface area contributed by atoms with Crippen molar-refractivity contribution < 1.29 is 0 Å². The van der Waals surface area contributed by atoms with E-state index in [1.807, 2.05) is 11.6 Å². The number of aromatic nitrogens is 2. The van der Waals surface area contributed by atoms with Gasteiger partial charge in [-0.25, -0.2) is 0 Å². The zero-order valence-electron chi connectivity index (χ0n) is 8.58. The number of nitrogens with two attached hydrogens (primary N) is 1. The first-order chi connectivity index (χ1) is 6.59. The van der Waals surface area contributed by atoms with Gasteiger partial charge in [-0.3, -0.25) is 4.68 Å². The molecule has 4 nitrogen and oxygen atoms in total. The number of thiocarbonyl (C=S) groups is 1. The Kier molecular flexibility index (Phi) is 3.88. The summed E-state index contributed by atoms with van der Waals surface area (Å²) < 4.78 is 2.00. The molecular formula is C9H16N4S. The summed E-state index contributed by atoms with van der Waals surface area (Å²) in [4.78, 5) is 0. The number of hydrogen-bond donors (Lipinski definition) is 2. The first-order valence-electron chi connectivity index (χ1n) is 4.64. The van der Waals surface area contributed by atoms with Crippen LogP contribution in [0.15, 0.2) is 6.07 Å². The van der Waals surface area contributed by atoms with Gasteiger partial charge in [-0.2, -0.15) is 5.10 Å². The Hall–Kier alpha value is -1.10. The van der Waals surface area contributed by atoms with Crippen LogP contribution >= 0.6 is 12.2 Å². The summed E-state index contributed by atoms with van der Waals surface area (Å²) >= 11 is 4.70. The van der Waals surface area contributed by atoms with Crippen molar-refractivity contribution >= 4 is 17.3 Å². The van der Waals surface area contributed by atoms with Crippen LogP contribution in [0.2, 0.25) is 0 Å². The van der Waals surface area contributed by atoms with Gasteiger partial charge in [0.2, 0.25) is 0 Å². The van der Waals surface area contributed by atoms with E-state index in [0.717, 1.165) is 25.2 Å². The van der Waals surface area contributed by atoms with Gasteiger partial charge in [0.05, 0.1) is 5.69 Å². The molecule has 0 saturated carbocycles. The minimum Gasteiger partial charge on any atom is -0.376 e. The Balaban J connectivity index is 2.31. The maximum Gasteiger partial charge on any atom is 0.163 e. The van der Waals surface area contributed by atoms with E-state index >= 15 is 0 Å². The highest BCUT2D eigenvalue weighted by Crippen LogP contribution is 2.01. The zero-order chi connectivity index (χ0) is 10.6. The highest BCUT2D eigenvalue weighted by atomic mass is 32.1. The van der Waals surface area contributed by atoms with Crippen molar-refractivity contribution in [3.8, 4) is 0 Å². The first kappa shape index (κ1) is 11.0. The Labute approximate surface area is 89.5 Å². The maximum atomic E-state index is 5.30. The maximum absolute atomic E-state index is 5.30. The lowest BCUT2D eigenvalue weighted by atomic mass is 10.4. The summed E-state index contributed by atoms with van der Waals surface area (Å²) in [6, 6.07) is 2.07. The van der Waals surface area contributed by atoms with Crippen LogP contribution in [0.5, 0.6) is 0 Å². The van der Waals surface area contributed by atoms with Gasteiger partial charge in [-0.15, -0.1) is 0 Å². The van der Waals surface area contributed by atoms with E-state index in [1.54, 1.807) is 0 Å². The minimum atomic E-state index is 0.360. The summed E-state index contributed by atoms with van der Waals surface area (Å²) in [7, 11) is 0. The summed E-state index contributed by atoms with van der Waals surface area (Å²) in [5.74, 6) is 0. The number of nitrogens with one attached hydrogen (secondary N) is 1. The predicted octanol–water partition coefficient (Wildman–Crippen LogP) is 0.723. The fraction of sp³-hybridized carbons (Fsp3) is 0.556. The van der Waals surface area contributed by atoms with Crippen molar-refractivity contribution in [3.63, 3.8) is 0 Å². The SMILES string of the molecule is Cc1cc(C)n(CCCNC(N)=S)n1. The van der Waals surface area contributed by atoms with Crippen LogP contribution in [-0.2, 0) is 6.54 Å². The smallest absolute Gasteiger partial charge is 0.163 e. The van der Waals surface area contributed by atoms with E-state index in [2.05, 4.69) is 23.4 Å². The van der Waals surface area contributed by atoms with Gasteiger partial charge >= 0.3 is 0 Å². The average molecular weight is 212 g/mol. The summed E-state index contributed by atoms with van der Waals surface area (Å²) in [6.07, 6.45) is 0.972. The highest BCUT2D eigenvalue weighted by Gasteiger charge is 1.99. The van der Waals surface area contributed by atoms with E-state index < -0.39 is 0 Å². The van der Waals surface area contributed by atoms with Crippen LogP contribution in [0.25, 0.3) is 0 Å². The molecule has 1 heterocycles. The van der Waals surface area contributed by atoms with Crippen LogP contribution < -0.4 is 11.1 Å². The molecule has 0 aromatic carbocycles. The molecule has 1 aromatic rings. The predicted molar refractivity (Wildman–Crippen MR) is 61.1 cm³/mol. The standard InChI is InChI=1S/C9H16N4S/c1-7-6-8(2)13(12-7)5-3-4-11-9(10)14/h6H,3-5H2,1-2H3,(H3,10,11,14). The van der Waals surface area contributed by atoms with Crippen LogP contribution in [0.4, 0.5) is 0 Å². The van der Waals surface area contributed by atoms with E-state index in [9.17, 15) is 0 Å². The van der Waals surface area contributed by atoms with Crippen LogP contribution in [0.3, 0.4) is 0 Å². The van der Waals surface area contributed by atoms with Crippen molar-refractivity contribution in [1.29, 1.82) is 0 Å². The van der Waals surface area contributed by atoms with Crippen molar-refractivity contribution in [2.75, 3.05) is 6.54 Å². The van der Waals surface area contributed by atoms with Gasteiger partial charge in [-0.05, 0) is 38.6 Å². The largest absolute Gasteiger partial charge is 0.376 e. The number of rotatable bonds is 4. The molecule has 0 aliphatic carbocycles. The van der Waals surface area contributed by atoms with Gasteiger partial charge in [0, 0.05) is 18.8 Å². The molecular weight excluding hydrogens is 196 g/mol. The van der Waals surface area contributed by atoms with Gasteiger partial charge < -0.3 is 11.1 Å². The molecule has 0 bridgehead atoms. The molecule has 0 spiro atoms. The van der Waals surface area contributed by atoms with Crippen molar-refractivity contribution in [3.05, 3.63) is 17.5 Å². The number of aryl methyl sites for hydroxylation is 3. The summed E-state index contributed by atoms with van der Waals surface area (Å²) in [6.45, 7) is 5.75. The normalized spacial score (nSPS) is 10.1. The van der Waals surface area contributed by atoms with Gasteiger partial charge in [0.25, 0.3) is 0 Å². The van der Waals surface area contributed by atoms with Gasteiger partial charge in [0.1, 0.15) is 0 Å². The molecule has 0 fully saturated rings. The number of hydrogen-bond acceptors (Lipinski definition) is 2. The van der Waals surface area contributed by atoms with E-state index in [4.69, 9.17) is 18.0 Å². The fourth-order valence-electron chi connectivity index (χ4n) is 1.34. The highest BCUT2D eigenvalue weighted by molar-refractivity contribution is 7.80. The lowest BCUT2D eigenvalue weighted by molar-refractivity contribution is 0.558.